The van der Waals surface area contributed by atoms with Gasteiger partial charge in [0.25, 0.3) is 0 Å². The molecular formula is C14H20ClNO4S. The highest BCUT2D eigenvalue weighted by Crippen LogP contribution is 2.33. The van der Waals surface area contributed by atoms with Crippen LogP contribution in [0.3, 0.4) is 0 Å². The van der Waals surface area contributed by atoms with Crippen LogP contribution in [0.1, 0.15) is 17.5 Å². The Kier molecular flexibility index (Phi) is 5.35. The van der Waals surface area contributed by atoms with E-state index in [1.54, 1.807) is 14.2 Å². The van der Waals surface area contributed by atoms with E-state index in [9.17, 15) is 8.42 Å². The molecule has 0 N–H and O–H groups in total. The Hall–Kier alpha value is -0.980. The number of ether oxygens (including phenoxy) is 2. The SMILES string of the molecule is COc1cc2c(cc1OC)CN(S(=O)(=O)CCCCl)CC2. The van der Waals surface area contributed by atoms with Crippen LogP contribution in [-0.4, -0.2) is 45.1 Å². The van der Waals surface area contributed by atoms with Gasteiger partial charge in [0.1, 0.15) is 0 Å². The highest BCUT2D eigenvalue weighted by Gasteiger charge is 2.27. The van der Waals surface area contributed by atoms with Gasteiger partial charge >= 0.3 is 0 Å². The number of benzene rings is 1. The first-order chi connectivity index (χ1) is 10.0. The van der Waals surface area contributed by atoms with Crippen LogP contribution in [0, 0.1) is 0 Å². The predicted molar refractivity (Wildman–Crippen MR) is 82.8 cm³/mol. The molecule has 0 amide bonds. The molecule has 0 fully saturated rings. The lowest BCUT2D eigenvalue weighted by molar-refractivity contribution is 0.348. The maximum atomic E-state index is 12.2. The molecule has 0 atom stereocenters. The first-order valence-corrected chi connectivity index (χ1v) is 8.93. The van der Waals surface area contributed by atoms with Gasteiger partial charge in [-0.15, -0.1) is 11.6 Å². The lowest BCUT2D eigenvalue weighted by Crippen LogP contribution is -2.37. The topological polar surface area (TPSA) is 55.8 Å². The number of hydrogen-bond donors (Lipinski definition) is 0. The monoisotopic (exact) mass is 333 g/mol. The summed E-state index contributed by atoms with van der Waals surface area (Å²) in [5.74, 6) is 1.75. The Bertz CT molecular complexity index is 603. The molecule has 1 aliphatic heterocycles. The molecule has 21 heavy (non-hydrogen) atoms. The molecule has 1 aromatic carbocycles. The van der Waals surface area contributed by atoms with Crippen molar-refractivity contribution in [1.29, 1.82) is 0 Å². The Balaban J connectivity index is 2.24. The first kappa shape index (κ1) is 16.4. The molecule has 1 heterocycles. The van der Waals surface area contributed by atoms with Crippen LogP contribution in [-0.2, 0) is 23.0 Å². The van der Waals surface area contributed by atoms with E-state index >= 15 is 0 Å². The number of nitrogens with zero attached hydrogens (tertiary/aromatic N) is 1. The summed E-state index contributed by atoms with van der Waals surface area (Å²) in [6, 6.07) is 3.79. The minimum Gasteiger partial charge on any atom is -0.493 e. The van der Waals surface area contributed by atoms with E-state index < -0.39 is 10.0 Å². The molecule has 0 aromatic heterocycles. The van der Waals surface area contributed by atoms with Gasteiger partial charge in [-0.05, 0) is 36.1 Å². The summed E-state index contributed by atoms with van der Waals surface area (Å²) < 4.78 is 36.6. The fourth-order valence-electron chi connectivity index (χ4n) is 2.46. The lowest BCUT2D eigenvalue weighted by Gasteiger charge is -2.28. The van der Waals surface area contributed by atoms with Crippen LogP contribution >= 0.6 is 11.6 Å². The second kappa shape index (κ2) is 6.85. The molecular weight excluding hydrogens is 314 g/mol. The Morgan fingerprint density at radius 2 is 1.81 bits per heavy atom. The molecule has 1 aliphatic rings. The molecule has 0 saturated carbocycles. The summed E-state index contributed by atoms with van der Waals surface area (Å²) >= 11 is 5.59. The second-order valence-electron chi connectivity index (χ2n) is 4.92. The number of hydrogen-bond acceptors (Lipinski definition) is 4. The average Bonchev–Trinajstić information content (AvgIpc) is 2.50. The minimum absolute atomic E-state index is 0.0964. The van der Waals surface area contributed by atoms with Gasteiger partial charge in [0.15, 0.2) is 11.5 Å². The fraction of sp³-hybridized carbons (Fsp3) is 0.571. The highest BCUT2D eigenvalue weighted by molar-refractivity contribution is 7.89. The molecule has 7 heteroatoms. The summed E-state index contributed by atoms with van der Waals surface area (Å²) in [4.78, 5) is 0. The van der Waals surface area contributed by atoms with E-state index in [0.29, 0.717) is 43.3 Å². The summed E-state index contributed by atoms with van der Waals surface area (Å²) in [5.41, 5.74) is 2.07. The standard InChI is InChI=1S/C14H20ClNO4S/c1-19-13-8-11-4-6-16(21(17,18)7-3-5-15)10-12(11)9-14(13)20-2/h8-9H,3-7,10H2,1-2H3. The number of rotatable bonds is 6. The van der Waals surface area contributed by atoms with Crippen LogP contribution < -0.4 is 9.47 Å². The molecule has 2 rings (SSSR count). The molecule has 0 radical (unpaired) electrons. The summed E-state index contributed by atoms with van der Waals surface area (Å²) in [6.45, 7) is 0.868. The number of methoxy groups -OCH3 is 2. The predicted octanol–water partition coefficient (Wildman–Crippen LogP) is 2.02. The van der Waals surface area contributed by atoms with Crippen LogP contribution in [0.25, 0.3) is 0 Å². The third-order valence-corrected chi connectivity index (χ3v) is 5.78. The maximum Gasteiger partial charge on any atom is 0.214 e. The number of fused-ring (bicyclic) bond motifs is 1. The zero-order chi connectivity index (χ0) is 15.5. The van der Waals surface area contributed by atoms with Crippen LogP contribution in [0.4, 0.5) is 0 Å². The lowest BCUT2D eigenvalue weighted by atomic mass is 10.0. The Morgan fingerprint density at radius 1 is 1.19 bits per heavy atom. The van der Waals surface area contributed by atoms with Gasteiger partial charge in [0.2, 0.25) is 10.0 Å². The molecule has 0 bridgehead atoms. The van der Waals surface area contributed by atoms with Gasteiger partial charge in [0.05, 0.1) is 20.0 Å². The van der Waals surface area contributed by atoms with Gasteiger partial charge in [-0.2, -0.15) is 4.31 Å². The van der Waals surface area contributed by atoms with Crippen molar-refractivity contribution in [3.05, 3.63) is 23.3 Å². The van der Waals surface area contributed by atoms with Gasteiger partial charge < -0.3 is 9.47 Å². The summed E-state index contributed by atoms with van der Waals surface area (Å²) in [7, 11) is -0.0819. The van der Waals surface area contributed by atoms with Gasteiger partial charge in [-0.1, -0.05) is 0 Å². The van der Waals surface area contributed by atoms with Crippen molar-refractivity contribution in [1.82, 2.24) is 4.31 Å². The molecule has 5 nitrogen and oxygen atoms in total. The smallest absolute Gasteiger partial charge is 0.214 e. The zero-order valence-electron chi connectivity index (χ0n) is 12.3. The molecule has 1 aromatic rings. The van der Waals surface area contributed by atoms with Crippen molar-refractivity contribution in [2.75, 3.05) is 32.4 Å². The van der Waals surface area contributed by atoms with Crippen molar-refractivity contribution in [2.45, 2.75) is 19.4 Å². The average molecular weight is 334 g/mol. The van der Waals surface area contributed by atoms with Crippen molar-refractivity contribution >= 4 is 21.6 Å². The Morgan fingerprint density at radius 3 is 2.38 bits per heavy atom. The minimum atomic E-state index is -3.25. The van der Waals surface area contributed by atoms with E-state index in [2.05, 4.69) is 0 Å². The van der Waals surface area contributed by atoms with Gasteiger partial charge in [0, 0.05) is 19.0 Å². The molecule has 0 saturated heterocycles. The third kappa shape index (κ3) is 3.62. The van der Waals surface area contributed by atoms with Crippen molar-refractivity contribution in [2.24, 2.45) is 0 Å². The molecule has 0 spiro atoms. The Labute approximate surface area is 130 Å². The van der Waals surface area contributed by atoms with E-state index in [0.717, 1.165) is 11.1 Å². The van der Waals surface area contributed by atoms with Gasteiger partial charge in [-0.25, -0.2) is 8.42 Å². The third-order valence-electron chi connectivity index (χ3n) is 3.61. The molecule has 118 valence electrons. The molecule has 0 unspecified atom stereocenters. The first-order valence-electron chi connectivity index (χ1n) is 6.79. The van der Waals surface area contributed by atoms with Crippen molar-refractivity contribution in [3.63, 3.8) is 0 Å². The number of alkyl halides is 1. The fourth-order valence-corrected chi connectivity index (χ4v) is 4.23. The number of sulfonamides is 1. The molecule has 0 aliphatic carbocycles. The summed E-state index contributed by atoms with van der Waals surface area (Å²) in [6.07, 6.45) is 1.15. The quantitative estimate of drug-likeness (QED) is 0.747. The van der Waals surface area contributed by atoms with Crippen LogP contribution in [0.2, 0.25) is 0 Å². The zero-order valence-corrected chi connectivity index (χ0v) is 13.8. The summed E-state index contributed by atoms with van der Waals surface area (Å²) in [5, 5.41) is 0. The van der Waals surface area contributed by atoms with E-state index in [-0.39, 0.29) is 5.75 Å². The second-order valence-corrected chi connectivity index (χ2v) is 7.38. The van der Waals surface area contributed by atoms with Crippen molar-refractivity contribution < 1.29 is 17.9 Å². The van der Waals surface area contributed by atoms with Gasteiger partial charge in [-0.3, -0.25) is 0 Å². The van der Waals surface area contributed by atoms with Crippen molar-refractivity contribution in [3.8, 4) is 11.5 Å². The normalized spacial score (nSPS) is 15.6. The highest BCUT2D eigenvalue weighted by atomic mass is 35.5. The maximum absolute atomic E-state index is 12.2. The van der Waals surface area contributed by atoms with Crippen LogP contribution in [0.15, 0.2) is 12.1 Å². The van der Waals surface area contributed by atoms with E-state index in [1.165, 1.54) is 4.31 Å². The largest absolute Gasteiger partial charge is 0.493 e. The number of halogens is 1. The van der Waals surface area contributed by atoms with Crippen LogP contribution in [0.5, 0.6) is 11.5 Å². The van der Waals surface area contributed by atoms with E-state index in [4.69, 9.17) is 21.1 Å². The van der Waals surface area contributed by atoms with E-state index in [1.807, 2.05) is 12.1 Å².